The number of benzene rings is 1. The van der Waals surface area contributed by atoms with Crippen molar-refractivity contribution in [1.82, 2.24) is 9.63 Å². The van der Waals surface area contributed by atoms with Gasteiger partial charge >= 0.3 is 0 Å². The Hall–Kier alpha value is -2.14. The lowest BCUT2D eigenvalue weighted by molar-refractivity contribution is -0.0765. The van der Waals surface area contributed by atoms with Gasteiger partial charge in [0.15, 0.2) is 0 Å². The van der Waals surface area contributed by atoms with E-state index in [1.54, 1.807) is 23.7 Å². The first kappa shape index (κ1) is 13.8. The van der Waals surface area contributed by atoms with Gasteiger partial charge in [-0.2, -0.15) is 0 Å². The molecule has 1 amide bonds. The molecule has 0 spiro atoms. The van der Waals surface area contributed by atoms with E-state index in [2.05, 4.69) is 0 Å². The molecule has 2 aromatic rings. The summed E-state index contributed by atoms with van der Waals surface area (Å²) in [7, 11) is 2.98. The molecule has 1 heterocycles. The third-order valence-corrected chi connectivity index (χ3v) is 4.18. The molecule has 5 nitrogen and oxygen atoms in total. The molecule has 0 saturated heterocycles. The number of hydrogen-bond donors (Lipinski definition) is 0. The average molecular weight is 286 g/mol. The van der Waals surface area contributed by atoms with Crippen molar-refractivity contribution in [3.63, 3.8) is 0 Å². The third-order valence-electron chi connectivity index (χ3n) is 4.18. The lowest BCUT2D eigenvalue weighted by Crippen LogP contribution is -2.37. The van der Waals surface area contributed by atoms with E-state index >= 15 is 0 Å². The molecule has 0 atom stereocenters. The van der Waals surface area contributed by atoms with Gasteiger partial charge in [-0.3, -0.25) is 14.4 Å². The zero-order chi connectivity index (χ0) is 15.0. The van der Waals surface area contributed by atoms with Gasteiger partial charge in [0.2, 0.25) is 0 Å². The molecule has 5 heteroatoms. The van der Waals surface area contributed by atoms with Crippen molar-refractivity contribution in [3.8, 4) is 0 Å². The zero-order valence-corrected chi connectivity index (χ0v) is 12.2. The zero-order valence-electron chi connectivity index (χ0n) is 12.2. The number of hydroxylamine groups is 2. The van der Waals surface area contributed by atoms with Crippen LogP contribution in [0.25, 0.3) is 10.8 Å². The first-order chi connectivity index (χ1) is 10.1. The molecular weight excluding hydrogens is 268 g/mol. The van der Waals surface area contributed by atoms with Crippen LogP contribution in [0.3, 0.4) is 0 Å². The fourth-order valence-corrected chi connectivity index (χ4v) is 2.69. The number of nitrogens with zero attached hydrogens (tertiary/aromatic N) is 2. The summed E-state index contributed by atoms with van der Waals surface area (Å²) in [5.41, 5.74) is 0.304. The second-order valence-electron chi connectivity index (χ2n) is 5.36. The Balaban J connectivity index is 2.25. The topological polar surface area (TPSA) is 51.5 Å². The van der Waals surface area contributed by atoms with Gasteiger partial charge in [0.1, 0.15) is 5.69 Å². The Morgan fingerprint density at radius 2 is 2.05 bits per heavy atom. The second kappa shape index (κ2) is 5.33. The maximum atomic E-state index is 12.8. The largest absolute Gasteiger partial charge is 0.300 e. The highest BCUT2D eigenvalue weighted by Crippen LogP contribution is 2.32. The first-order valence-electron chi connectivity index (χ1n) is 7.10. The van der Waals surface area contributed by atoms with E-state index in [0.29, 0.717) is 11.1 Å². The molecule has 3 rings (SSSR count). The summed E-state index contributed by atoms with van der Waals surface area (Å²) >= 11 is 0. The number of pyridine rings is 1. The summed E-state index contributed by atoms with van der Waals surface area (Å²) in [6, 6.07) is 9.27. The Morgan fingerprint density at radius 1 is 1.33 bits per heavy atom. The van der Waals surface area contributed by atoms with Gasteiger partial charge in [0.05, 0.1) is 7.11 Å². The van der Waals surface area contributed by atoms with Crippen LogP contribution in [0.5, 0.6) is 0 Å². The number of amides is 1. The van der Waals surface area contributed by atoms with E-state index in [9.17, 15) is 9.59 Å². The van der Waals surface area contributed by atoms with Gasteiger partial charge in [-0.15, -0.1) is 0 Å². The molecule has 0 bridgehead atoms. The van der Waals surface area contributed by atoms with Crippen molar-refractivity contribution < 1.29 is 9.63 Å². The summed E-state index contributed by atoms with van der Waals surface area (Å²) in [5, 5.41) is 2.59. The van der Waals surface area contributed by atoms with Crippen LogP contribution in [-0.2, 0) is 4.84 Å². The SMILES string of the molecule is CON(C)C(=O)c1cc2ccccc2c(=O)n1C1CCC1. The minimum Gasteiger partial charge on any atom is -0.300 e. The van der Waals surface area contributed by atoms with Gasteiger partial charge in [-0.05, 0) is 36.8 Å². The maximum Gasteiger partial charge on any atom is 0.293 e. The Labute approximate surface area is 122 Å². The number of hydrogen-bond acceptors (Lipinski definition) is 3. The number of fused-ring (bicyclic) bond motifs is 1. The van der Waals surface area contributed by atoms with Gasteiger partial charge in [0.25, 0.3) is 11.5 Å². The van der Waals surface area contributed by atoms with Crippen LogP contribution < -0.4 is 5.56 Å². The van der Waals surface area contributed by atoms with E-state index < -0.39 is 0 Å². The van der Waals surface area contributed by atoms with Crippen molar-refractivity contribution >= 4 is 16.7 Å². The lowest BCUT2D eigenvalue weighted by atomic mass is 9.92. The molecule has 21 heavy (non-hydrogen) atoms. The molecule has 0 radical (unpaired) electrons. The first-order valence-corrected chi connectivity index (χ1v) is 7.10. The predicted octanol–water partition coefficient (Wildman–Crippen LogP) is 2.36. The number of rotatable bonds is 3. The van der Waals surface area contributed by atoms with Crippen molar-refractivity contribution in [2.75, 3.05) is 14.2 Å². The summed E-state index contributed by atoms with van der Waals surface area (Å²) < 4.78 is 1.64. The molecule has 1 aromatic heterocycles. The molecule has 1 aliphatic rings. The van der Waals surface area contributed by atoms with E-state index in [1.807, 2.05) is 18.2 Å². The second-order valence-corrected chi connectivity index (χ2v) is 5.36. The van der Waals surface area contributed by atoms with Crippen LogP contribution in [0.1, 0.15) is 35.8 Å². The monoisotopic (exact) mass is 286 g/mol. The highest BCUT2D eigenvalue weighted by atomic mass is 16.7. The standard InChI is InChI=1S/C16H18N2O3/c1-17(21-2)16(20)14-10-11-6-3-4-9-13(11)15(19)18(14)12-7-5-8-12/h3-4,6,9-10,12H,5,7-8H2,1-2H3. The minimum atomic E-state index is -0.299. The smallest absolute Gasteiger partial charge is 0.293 e. The highest BCUT2D eigenvalue weighted by Gasteiger charge is 2.27. The Bertz CT molecular complexity index is 747. The Morgan fingerprint density at radius 3 is 2.67 bits per heavy atom. The van der Waals surface area contributed by atoms with Crippen LogP contribution in [0, 0.1) is 0 Å². The predicted molar refractivity (Wildman–Crippen MR) is 80.2 cm³/mol. The van der Waals surface area contributed by atoms with E-state index in [4.69, 9.17) is 4.84 Å². The molecule has 1 fully saturated rings. The van der Waals surface area contributed by atoms with Crippen LogP contribution in [-0.4, -0.2) is 29.7 Å². The highest BCUT2D eigenvalue weighted by molar-refractivity contribution is 5.96. The quantitative estimate of drug-likeness (QED) is 0.814. The van der Waals surface area contributed by atoms with Gasteiger partial charge < -0.3 is 4.57 Å². The Kier molecular flexibility index (Phi) is 3.51. The fraction of sp³-hybridized carbons (Fsp3) is 0.375. The number of aromatic nitrogens is 1. The molecular formula is C16H18N2O3. The number of carbonyl (C=O) groups excluding carboxylic acids is 1. The van der Waals surface area contributed by atoms with E-state index in [-0.39, 0.29) is 17.5 Å². The molecule has 0 unspecified atom stereocenters. The lowest BCUT2D eigenvalue weighted by Gasteiger charge is -2.30. The van der Waals surface area contributed by atoms with Gasteiger partial charge in [-0.1, -0.05) is 18.2 Å². The minimum absolute atomic E-state index is 0.0920. The van der Waals surface area contributed by atoms with Crippen LogP contribution >= 0.6 is 0 Å². The summed E-state index contributed by atoms with van der Waals surface area (Å²) in [6.07, 6.45) is 2.97. The number of carbonyl (C=O) groups is 1. The van der Waals surface area contributed by atoms with Crippen LogP contribution in [0.15, 0.2) is 35.1 Å². The molecule has 1 aliphatic carbocycles. The van der Waals surface area contributed by atoms with Crippen molar-refractivity contribution in [1.29, 1.82) is 0 Å². The van der Waals surface area contributed by atoms with Gasteiger partial charge in [-0.25, -0.2) is 5.06 Å². The average Bonchev–Trinajstić information content (AvgIpc) is 2.46. The molecule has 0 aliphatic heterocycles. The van der Waals surface area contributed by atoms with E-state index in [0.717, 1.165) is 29.7 Å². The van der Waals surface area contributed by atoms with Crippen molar-refractivity contribution in [2.24, 2.45) is 0 Å². The van der Waals surface area contributed by atoms with Gasteiger partial charge in [0, 0.05) is 18.5 Å². The molecule has 1 saturated carbocycles. The van der Waals surface area contributed by atoms with Crippen LogP contribution in [0.4, 0.5) is 0 Å². The normalized spacial score (nSPS) is 15.0. The van der Waals surface area contributed by atoms with E-state index in [1.165, 1.54) is 7.11 Å². The maximum absolute atomic E-state index is 12.8. The van der Waals surface area contributed by atoms with Crippen molar-refractivity contribution in [3.05, 3.63) is 46.4 Å². The summed E-state index contributed by atoms with van der Waals surface area (Å²) in [5.74, 6) is -0.299. The fourth-order valence-electron chi connectivity index (χ4n) is 2.69. The summed E-state index contributed by atoms with van der Waals surface area (Å²) in [6.45, 7) is 0. The van der Waals surface area contributed by atoms with Crippen molar-refractivity contribution in [2.45, 2.75) is 25.3 Å². The van der Waals surface area contributed by atoms with Crippen LogP contribution in [0.2, 0.25) is 0 Å². The third kappa shape index (κ3) is 2.23. The molecule has 110 valence electrons. The summed E-state index contributed by atoms with van der Waals surface area (Å²) in [4.78, 5) is 30.2. The molecule has 1 aromatic carbocycles. The molecule has 0 N–H and O–H groups in total.